The van der Waals surface area contributed by atoms with Crippen LogP contribution in [0.2, 0.25) is 0 Å². The quantitative estimate of drug-likeness (QED) is 0.530. The fraction of sp³-hybridized carbons (Fsp3) is 0.238. The van der Waals surface area contributed by atoms with Crippen LogP contribution in [0.25, 0.3) is 22.6 Å². The molecule has 5 rings (SSSR count). The van der Waals surface area contributed by atoms with Crippen LogP contribution >= 0.6 is 11.3 Å². The molecule has 3 aromatic heterocycles. The molecule has 7 nitrogen and oxygen atoms in total. The van der Waals surface area contributed by atoms with Crippen molar-refractivity contribution in [2.24, 2.45) is 0 Å². The molecule has 2 N–H and O–H groups in total. The first-order chi connectivity index (χ1) is 14.7. The Morgan fingerprint density at radius 2 is 1.97 bits per heavy atom. The average molecular weight is 422 g/mol. The van der Waals surface area contributed by atoms with E-state index in [-0.39, 0.29) is 17.8 Å². The van der Waals surface area contributed by atoms with Crippen molar-refractivity contribution in [3.63, 3.8) is 0 Å². The van der Waals surface area contributed by atoms with Gasteiger partial charge >= 0.3 is 0 Å². The molecule has 0 aliphatic carbocycles. The first-order valence-corrected chi connectivity index (χ1v) is 10.6. The summed E-state index contributed by atoms with van der Waals surface area (Å²) < 4.78 is 15.6. The number of anilines is 1. The molecule has 9 heteroatoms. The van der Waals surface area contributed by atoms with E-state index in [1.54, 1.807) is 29.7 Å². The van der Waals surface area contributed by atoms with Crippen LogP contribution in [0.15, 0.2) is 54.4 Å². The lowest BCUT2D eigenvalue weighted by Crippen LogP contribution is -2.21. The summed E-state index contributed by atoms with van der Waals surface area (Å²) in [7, 11) is 0. The molecule has 0 amide bonds. The van der Waals surface area contributed by atoms with Crippen LogP contribution in [-0.2, 0) is 6.54 Å². The smallest absolute Gasteiger partial charge is 0.220 e. The van der Waals surface area contributed by atoms with Gasteiger partial charge in [0.05, 0.1) is 30.0 Å². The van der Waals surface area contributed by atoms with Crippen molar-refractivity contribution >= 4 is 17.3 Å². The number of imidazole rings is 1. The van der Waals surface area contributed by atoms with Crippen molar-refractivity contribution in [3.8, 4) is 22.6 Å². The van der Waals surface area contributed by atoms with E-state index >= 15 is 0 Å². The van der Waals surface area contributed by atoms with Gasteiger partial charge in [-0.15, -0.1) is 11.3 Å². The molecule has 1 atom stereocenters. The average Bonchev–Trinajstić information content (AvgIpc) is 3.49. The highest BCUT2D eigenvalue weighted by Crippen LogP contribution is 2.35. The van der Waals surface area contributed by atoms with E-state index in [2.05, 4.69) is 29.4 Å². The molecule has 152 valence electrons. The molecule has 1 unspecified atom stereocenters. The molecule has 1 aromatic carbocycles. The summed E-state index contributed by atoms with van der Waals surface area (Å²) in [5, 5.41) is 3.13. The molecule has 0 saturated carbocycles. The van der Waals surface area contributed by atoms with Crippen molar-refractivity contribution in [3.05, 3.63) is 65.3 Å². The highest BCUT2D eigenvalue weighted by molar-refractivity contribution is 7.09. The summed E-state index contributed by atoms with van der Waals surface area (Å²) >= 11 is 1.68. The topological polar surface area (TPSA) is 85.8 Å². The van der Waals surface area contributed by atoms with Gasteiger partial charge in [0.2, 0.25) is 5.95 Å². The van der Waals surface area contributed by atoms with Crippen LogP contribution in [0, 0.1) is 5.82 Å². The number of halogens is 1. The minimum absolute atomic E-state index is 0.210. The number of nitrogens with zero attached hydrogens (tertiary/aromatic N) is 6. The first kappa shape index (κ1) is 18.8. The second kappa shape index (κ2) is 7.92. The summed E-state index contributed by atoms with van der Waals surface area (Å²) in [6, 6.07) is 8.44. The minimum Gasteiger partial charge on any atom is -0.368 e. The van der Waals surface area contributed by atoms with Gasteiger partial charge in [-0.3, -0.25) is 4.90 Å². The molecule has 1 aliphatic heterocycles. The van der Waals surface area contributed by atoms with E-state index in [9.17, 15) is 4.39 Å². The Kier molecular flexibility index (Phi) is 4.97. The monoisotopic (exact) mass is 421 g/mol. The van der Waals surface area contributed by atoms with Crippen LogP contribution in [0.5, 0.6) is 0 Å². The van der Waals surface area contributed by atoms with Gasteiger partial charge in [0, 0.05) is 42.5 Å². The zero-order valence-electron chi connectivity index (χ0n) is 16.1. The first-order valence-electron chi connectivity index (χ1n) is 9.70. The normalized spacial score (nSPS) is 16.9. The van der Waals surface area contributed by atoms with Gasteiger partial charge in [0.25, 0.3) is 0 Å². The molecule has 4 heterocycles. The Morgan fingerprint density at radius 1 is 1.10 bits per heavy atom. The van der Waals surface area contributed by atoms with Gasteiger partial charge in [0.1, 0.15) is 10.8 Å². The maximum Gasteiger partial charge on any atom is 0.220 e. The Bertz CT molecular complexity index is 1140. The molecule has 1 saturated heterocycles. The van der Waals surface area contributed by atoms with E-state index in [1.807, 2.05) is 24.0 Å². The van der Waals surface area contributed by atoms with Crippen LogP contribution < -0.4 is 5.73 Å². The van der Waals surface area contributed by atoms with Gasteiger partial charge in [-0.05, 0) is 36.8 Å². The highest BCUT2D eigenvalue weighted by atomic mass is 32.1. The number of hydrogen-bond donors (Lipinski definition) is 1. The van der Waals surface area contributed by atoms with Gasteiger partial charge in [-0.2, -0.15) is 0 Å². The Morgan fingerprint density at radius 3 is 2.73 bits per heavy atom. The van der Waals surface area contributed by atoms with Crippen LogP contribution in [0.3, 0.4) is 0 Å². The second-order valence-electron chi connectivity index (χ2n) is 7.26. The summed E-state index contributed by atoms with van der Waals surface area (Å²) in [5.41, 5.74) is 9.03. The van der Waals surface area contributed by atoms with E-state index < -0.39 is 0 Å². The summed E-state index contributed by atoms with van der Waals surface area (Å²) in [5.74, 6) is -0.0678. The molecule has 4 aromatic rings. The van der Waals surface area contributed by atoms with Gasteiger partial charge in [0.15, 0.2) is 0 Å². The zero-order valence-corrected chi connectivity index (χ0v) is 17.0. The molecule has 0 radical (unpaired) electrons. The predicted octanol–water partition coefficient (Wildman–Crippen LogP) is 3.63. The van der Waals surface area contributed by atoms with Crippen LogP contribution in [0.1, 0.15) is 17.5 Å². The lowest BCUT2D eigenvalue weighted by atomic mass is 10.1. The van der Waals surface area contributed by atoms with E-state index in [4.69, 9.17) is 5.73 Å². The molecule has 0 spiro atoms. The maximum absolute atomic E-state index is 13.5. The SMILES string of the molecule is Nc1nccc(-c2c(-c3ccc(F)cc3)ncn2C2CCN(Cc3nccs3)C2)n1. The van der Waals surface area contributed by atoms with Crippen molar-refractivity contribution in [2.75, 3.05) is 18.8 Å². The van der Waals surface area contributed by atoms with Crippen LogP contribution in [0.4, 0.5) is 10.3 Å². The molecule has 30 heavy (non-hydrogen) atoms. The maximum atomic E-state index is 13.5. The summed E-state index contributed by atoms with van der Waals surface area (Å²) in [6.07, 6.45) is 6.34. The number of hydrogen-bond acceptors (Lipinski definition) is 7. The number of benzene rings is 1. The number of nitrogens with two attached hydrogens (primary N) is 1. The third kappa shape index (κ3) is 3.69. The standard InChI is InChI=1S/C21H20FN7S/c22-15-3-1-14(2-4-15)19-20(17-5-7-25-21(23)27-17)29(13-26-19)16-6-9-28(11-16)12-18-24-8-10-30-18/h1-5,7-8,10,13,16H,6,9,11-12H2,(H2,23,25,27). The number of nitrogen functional groups attached to an aromatic ring is 1. The number of aromatic nitrogens is 5. The fourth-order valence-corrected chi connectivity index (χ4v) is 4.58. The number of likely N-dealkylation sites (tertiary alicyclic amines) is 1. The second-order valence-corrected chi connectivity index (χ2v) is 8.24. The Labute approximate surface area is 177 Å². The van der Waals surface area contributed by atoms with Gasteiger partial charge < -0.3 is 10.3 Å². The lowest BCUT2D eigenvalue weighted by Gasteiger charge is -2.18. The van der Waals surface area contributed by atoms with Crippen molar-refractivity contribution in [2.45, 2.75) is 19.0 Å². The Balaban J connectivity index is 1.51. The van der Waals surface area contributed by atoms with Crippen molar-refractivity contribution in [1.29, 1.82) is 0 Å². The lowest BCUT2D eigenvalue weighted by molar-refractivity contribution is 0.316. The number of rotatable bonds is 5. The third-order valence-corrected chi connectivity index (χ3v) is 6.08. The molecule has 1 aliphatic rings. The summed E-state index contributed by atoms with van der Waals surface area (Å²) in [6.45, 7) is 2.73. The van der Waals surface area contributed by atoms with Crippen molar-refractivity contribution < 1.29 is 4.39 Å². The summed E-state index contributed by atoms with van der Waals surface area (Å²) in [4.78, 5) is 19.9. The van der Waals surface area contributed by atoms with Crippen molar-refractivity contribution in [1.82, 2.24) is 29.4 Å². The fourth-order valence-electron chi connectivity index (χ4n) is 3.92. The molecule has 0 bridgehead atoms. The molecular formula is C21H20FN7S. The zero-order chi connectivity index (χ0) is 20.5. The Hall–Kier alpha value is -3.17. The minimum atomic E-state index is -0.278. The van der Waals surface area contributed by atoms with E-state index in [1.165, 1.54) is 12.1 Å². The third-order valence-electron chi connectivity index (χ3n) is 5.31. The predicted molar refractivity (Wildman–Crippen MR) is 114 cm³/mol. The van der Waals surface area contributed by atoms with Crippen LogP contribution in [-0.4, -0.2) is 42.5 Å². The van der Waals surface area contributed by atoms with E-state index in [0.717, 1.165) is 48.0 Å². The largest absolute Gasteiger partial charge is 0.368 e. The molecule has 1 fully saturated rings. The van der Waals surface area contributed by atoms with Gasteiger partial charge in [-0.25, -0.2) is 24.3 Å². The van der Waals surface area contributed by atoms with E-state index in [0.29, 0.717) is 5.69 Å². The molecular weight excluding hydrogens is 401 g/mol. The highest BCUT2D eigenvalue weighted by Gasteiger charge is 2.28. The number of thiazole rings is 1. The van der Waals surface area contributed by atoms with Gasteiger partial charge in [-0.1, -0.05) is 0 Å².